The molecule has 0 aliphatic carbocycles. The maximum absolute atomic E-state index is 11.7. The van der Waals surface area contributed by atoms with Crippen molar-refractivity contribution in [3.8, 4) is 0 Å². The number of rotatable bonds is 7. The average molecular weight is 235 g/mol. The highest BCUT2D eigenvalue weighted by molar-refractivity contribution is 7.99. The van der Waals surface area contributed by atoms with Gasteiger partial charge in [-0.2, -0.15) is 24.9 Å². The van der Waals surface area contributed by atoms with E-state index in [1.807, 2.05) is 0 Å². The number of halogens is 4. The first-order valence-corrected chi connectivity index (χ1v) is 5.95. The summed E-state index contributed by atoms with van der Waals surface area (Å²) in [6, 6.07) is 0. The van der Waals surface area contributed by atoms with Gasteiger partial charge < -0.3 is 0 Å². The summed E-state index contributed by atoms with van der Waals surface area (Å²) in [4.78, 5) is 0. The Bertz CT molecular complexity index is 116. The fraction of sp³-hybridized carbons (Fsp3) is 1.00. The van der Waals surface area contributed by atoms with Crippen LogP contribution in [0.4, 0.5) is 13.2 Å². The third kappa shape index (κ3) is 12.4. The van der Waals surface area contributed by atoms with Crippen molar-refractivity contribution in [3.05, 3.63) is 0 Å². The molecule has 0 bridgehead atoms. The summed E-state index contributed by atoms with van der Waals surface area (Å²) in [6.45, 7) is 0. The predicted octanol–water partition coefficient (Wildman–Crippen LogP) is 4.08. The van der Waals surface area contributed by atoms with Gasteiger partial charge in [0, 0.05) is 12.3 Å². The molecular weight excluding hydrogens is 221 g/mol. The second kappa shape index (κ2) is 7.80. The Balaban J connectivity index is 3.00. The number of alkyl halides is 4. The van der Waals surface area contributed by atoms with E-state index < -0.39 is 12.6 Å². The Morgan fingerprint density at radius 3 is 2.15 bits per heavy atom. The molecule has 80 valence electrons. The SMILES string of the molecule is FC(F)(F)CCCSCCCCCl. The lowest BCUT2D eigenvalue weighted by Gasteiger charge is -2.05. The van der Waals surface area contributed by atoms with Crippen LogP contribution in [-0.2, 0) is 0 Å². The van der Waals surface area contributed by atoms with Gasteiger partial charge in [0.05, 0.1) is 0 Å². The standard InChI is InChI=1S/C8H14ClF3S/c9-5-1-2-6-13-7-3-4-8(10,11)12/h1-7H2. The molecule has 0 unspecified atom stereocenters. The van der Waals surface area contributed by atoms with Gasteiger partial charge in [-0.15, -0.1) is 11.6 Å². The normalized spacial score (nSPS) is 12.0. The topological polar surface area (TPSA) is 0 Å². The second-order valence-electron chi connectivity index (χ2n) is 2.73. The molecule has 5 heteroatoms. The molecule has 0 aromatic carbocycles. The fourth-order valence-electron chi connectivity index (χ4n) is 0.775. The zero-order valence-electron chi connectivity index (χ0n) is 7.37. The van der Waals surface area contributed by atoms with Crippen molar-refractivity contribution in [2.45, 2.75) is 31.9 Å². The van der Waals surface area contributed by atoms with Crippen LogP contribution in [0.3, 0.4) is 0 Å². The highest BCUT2D eigenvalue weighted by Crippen LogP contribution is 2.22. The molecule has 0 spiro atoms. The first-order valence-electron chi connectivity index (χ1n) is 4.27. The van der Waals surface area contributed by atoms with E-state index in [2.05, 4.69) is 0 Å². The third-order valence-electron chi connectivity index (χ3n) is 1.42. The van der Waals surface area contributed by atoms with Crippen molar-refractivity contribution < 1.29 is 13.2 Å². The first kappa shape index (κ1) is 13.4. The van der Waals surface area contributed by atoms with Gasteiger partial charge in [-0.25, -0.2) is 0 Å². The Kier molecular flexibility index (Phi) is 8.06. The van der Waals surface area contributed by atoms with Gasteiger partial charge in [0.25, 0.3) is 0 Å². The molecule has 0 aliphatic rings. The third-order valence-corrected chi connectivity index (χ3v) is 2.84. The summed E-state index contributed by atoms with van der Waals surface area (Å²) in [5, 5.41) is 0. The van der Waals surface area contributed by atoms with Gasteiger partial charge in [0.1, 0.15) is 0 Å². The summed E-state index contributed by atoms with van der Waals surface area (Å²) in [7, 11) is 0. The largest absolute Gasteiger partial charge is 0.389 e. The van der Waals surface area contributed by atoms with Crippen LogP contribution in [-0.4, -0.2) is 23.6 Å². The Labute approximate surface area is 86.2 Å². The molecule has 0 N–H and O–H groups in total. The molecule has 13 heavy (non-hydrogen) atoms. The van der Waals surface area contributed by atoms with Crippen molar-refractivity contribution in [2.75, 3.05) is 17.4 Å². The fourth-order valence-corrected chi connectivity index (χ4v) is 1.93. The molecule has 0 rings (SSSR count). The van der Waals surface area contributed by atoms with Crippen molar-refractivity contribution >= 4 is 23.4 Å². The molecule has 0 aliphatic heterocycles. The van der Waals surface area contributed by atoms with E-state index in [4.69, 9.17) is 11.6 Å². The van der Waals surface area contributed by atoms with E-state index >= 15 is 0 Å². The highest BCUT2D eigenvalue weighted by Gasteiger charge is 2.25. The lowest BCUT2D eigenvalue weighted by Crippen LogP contribution is -2.07. The first-order chi connectivity index (χ1) is 6.06. The zero-order valence-corrected chi connectivity index (χ0v) is 8.94. The van der Waals surface area contributed by atoms with Crippen LogP contribution in [0, 0.1) is 0 Å². The molecule has 0 aromatic heterocycles. The number of hydrogen-bond donors (Lipinski definition) is 0. The molecule has 0 amide bonds. The van der Waals surface area contributed by atoms with Gasteiger partial charge in [0.2, 0.25) is 0 Å². The summed E-state index contributed by atoms with van der Waals surface area (Å²) >= 11 is 7.02. The maximum atomic E-state index is 11.7. The molecule has 0 saturated carbocycles. The monoisotopic (exact) mass is 234 g/mol. The minimum Gasteiger partial charge on any atom is -0.171 e. The van der Waals surface area contributed by atoms with Gasteiger partial charge in [-0.3, -0.25) is 0 Å². The predicted molar refractivity (Wildman–Crippen MR) is 52.6 cm³/mol. The van der Waals surface area contributed by atoms with Crippen LogP contribution < -0.4 is 0 Å². The molecule has 0 nitrogen and oxygen atoms in total. The second-order valence-corrected chi connectivity index (χ2v) is 4.33. The van der Waals surface area contributed by atoms with Crippen LogP contribution in [0.1, 0.15) is 25.7 Å². The molecule has 0 radical (unpaired) electrons. The van der Waals surface area contributed by atoms with Gasteiger partial charge in [-0.05, 0) is 30.8 Å². The highest BCUT2D eigenvalue weighted by atomic mass is 35.5. The minimum atomic E-state index is -3.99. The quantitative estimate of drug-likeness (QED) is 0.473. The maximum Gasteiger partial charge on any atom is 0.389 e. The van der Waals surface area contributed by atoms with Crippen LogP contribution >= 0.6 is 23.4 Å². The summed E-state index contributed by atoms with van der Waals surface area (Å²) < 4.78 is 35.0. The molecule has 0 heterocycles. The Morgan fingerprint density at radius 1 is 1.00 bits per heavy atom. The Hall–Kier alpha value is 0.430. The van der Waals surface area contributed by atoms with E-state index in [-0.39, 0.29) is 6.42 Å². The van der Waals surface area contributed by atoms with E-state index in [1.54, 1.807) is 11.8 Å². The van der Waals surface area contributed by atoms with Crippen LogP contribution in [0.15, 0.2) is 0 Å². The van der Waals surface area contributed by atoms with Gasteiger partial charge in [-0.1, -0.05) is 0 Å². The van der Waals surface area contributed by atoms with Crippen LogP contribution in [0.5, 0.6) is 0 Å². The van der Waals surface area contributed by atoms with Crippen LogP contribution in [0.25, 0.3) is 0 Å². The molecular formula is C8H14ClF3S. The zero-order chi connectivity index (χ0) is 10.2. The van der Waals surface area contributed by atoms with Gasteiger partial charge in [0.15, 0.2) is 0 Å². The number of unbranched alkanes of at least 4 members (excludes halogenated alkanes) is 1. The molecule has 0 aromatic rings. The smallest absolute Gasteiger partial charge is 0.171 e. The van der Waals surface area contributed by atoms with E-state index in [0.29, 0.717) is 11.6 Å². The van der Waals surface area contributed by atoms with E-state index in [0.717, 1.165) is 18.6 Å². The van der Waals surface area contributed by atoms with Crippen molar-refractivity contribution in [2.24, 2.45) is 0 Å². The van der Waals surface area contributed by atoms with Crippen molar-refractivity contribution in [1.29, 1.82) is 0 Å². The Morgan fingerprint density at radius 2 is 1.62 bits per heavy atom. The molecule has 0 saturated heterocycles. The summed E-state index contributed by atoms with van der Waals surface area (Å²) in [5.41, 5.74) is 0. The van der Waals surface area contributed by atoms with E-state index in [1.165, 1.54) is 0 Å². The minimum absolute atomic E-state index is 0.231. The van der Waals surface area contributed by atoms with Crippen LogP contribution in [0.2, 0.25) is 0 Å². The van der Waals surface area contributed by atoms with Crippen molar-refractivity contribution in [3.63, 3.8) is 0 Å². The molecule has 0 fully saturated rings. The number of thioether (sulfide) groups is 1. The average Bonchev–Trinajstić information content (AvgIpc) is 2.01. The van der Waals surface area contributed by atoms with Crippen molar-refractivity contribution in [1.82, 2.24) is 0 Å². The lowest BCUT2D eigenvalue weighted by atomic mass is 10.3. The van der Waals surface area contributed by atoms with Gasteiger partial charge >= 0.3 is 6.18 Å². The number of hydrogen-bond acceptors (Lipinski definition) is 1. The summed E-state index contributed by atoms with van der Waals surface area (Å²) in [6.07, 6.45) is -2.46. The van der Waals surface area contributed by atoms with E-state index in [9.17, 15) is 13.2 Å². The molecule has 0 atom stereocenters. The lowest BCUT2D eigenvalue weighted by molar-refractivity contribution is -0.134. The summed E-state index contributed by atoms with van der Waals surface area (Å²) in [5.74, 6) is 2.16.